The van der Waals surface area contributed by atoms with Crippen molar-refractivity contribution >= 4 is 5.69 Å². The molecular weight excluding hydrogens is 184 g/mol. The predicted octanol–water partition coefficient (Wildman–Crippen LogP) is 2.56. The molecule has 2 heteroatoms. The number of rotatable bonds is 5. The number of hydrogen-bond donors (Lipinski definition) is 1. The van der Waals surface area contributed by atoms with Gasteiger partial charge >= 0.3 is 0 Å². The molecule has 0 spiro atoms. The molecule has 2 nitrogen and oxygen atoms in total. The quantitative estimate of drug-likeness (QED) is 0.802. The fourth-order valence-electron chi connectivity index (χ4n) is 1.56. The number of nitrogens with zero attached hydrogens (tertiary/aromatic N) is 1. The SMILES string of the molecule is CCC(N)CCN(C)c1cccc(C)c1. The molecule has 0 saturated heterocycles. The molecule has 0 aliphatic carbocycles. The summed E-state index contributed by atoms with van der Waals surface area (Å²) in [4.78, 5) is 2.27. The molecule has 0 aliphatic rings. The molecule has 0 bridgehead atoms. The van der Waals surface area contributed by atoms with E-state index in [-0.39, 0.29) is 0 Å². The van der Waals surface area contributed by atoms with Gasteiger partial charge in [-0.05, 0) is 37.5 Å². The Bertz CT molecular complexity index is 296. The summed E-state index contributed by atoms with van der Waals surface area (Å²) in [5, 5.41) is 0. The van der Waals surface area contributed by atoms with Crippen molar-refractivity contribution in [2.24, 2.45) is 5.73 Å². The van der Waals surface area contributed by atoms with E-state index in [0.717, 1.165) is 19.4 Å². The molecule has 0 aliphatic heterocycles. The highest BCUT2D eigenvalue weighted by atomic mass is 15.1. The van der Waals surface area contributed by atoms with Crippen LogP contribution in [0.4, 0.5) is 5.69 Å². The lowest BCUT2D eigenvalue weighted by atomic mass is 10.1. The van der Waals surface area contributed by atoms with Gasteiger partial charge in [0.25, 0.3) is 0 Å². The lowest BCUT2D eigenvalue weighted by molar-refractivity contribution is 0.594. The van der Waals surface area contributed by atoms with Gasteiger partial charge in [-0.1, -0.05) is 19.1 Å². The van der Waals surface area contributed by atoms with Crippen molar-refractivity contribution in [3.8, 4) is 0 Å². The summed E-state index contributed by atoms with van der Waals surface area (Å²) in [6.45, 7) is 5.28. The number of benzene rings is 1. The molecule has 0 amide bonds. The third-order valence-corrected chi connectivity index (χ3v) is 2.80. The maximum atomic E-state index is 5.90. The van der Waals surface area contributed by atoms with Crippen molar-refractivity contribution in [2.45, 2.75) is 32.7 Å². The van der Waals surface area contributed by atoms with E-state index in [0.29, 0.717) is 6.04 Å². The molecule has 0 heterocycles. The molecule has 0 aromatic heterocycles. The average molecular weight is 206 g/mol. The van der Waals surface area contributed by atoms with Crippen molar-refractivity contribution in [1.82, 2.24) is 0 Å². The summed E-state index contributed by atoms with van der Waals surface area (Å²) >= 11 is 0. The van der Waals surface area contributed by atoms with Crippen LogP contribution in [0.15, 0.2) is 24.3 Å². The van der Waals surface area contributed by atoms with Crippen LogP contribution in [0.25, 0.3) is 0 Å². The summed E-state index contributed by atoms with van der Waals surface area (Å²) < 4.78 is 0. The molecule has 1 atom stereocenters. The molecule has 2 N–H and O–H groups in total. The third-order valence-electron chi connectivity index (χ3n) is 2.80. The Balaban J connectivity index is 2.50. The molecule has 0 radical (unpaired) electrons. The normalized spacial score (nSPS) is 12.5. The Morgan fingerprint density at radius 1 is 1.40 bits per heavy atom. The van der Waals surface area contributed by atoms with Gasteiger partial charge in [-0.3, -0.25) is 0 Å². The van der Waals surface area contributed by atoms with Gasteiger partial charge in [-0.25, -0.2) is 0 Å². The van der Waals surface area contributed by atoms with Gasteiger partial charge in [0.2, 0.25) is 0 Å². The number of anilines is 1. The molecule has 1 unspecified atom stereocenters. The van der Waals surface area contributed by atoms with Crippen LogP contribution in [0.3, 0.4) is 0 Å². The second kappa shape index (κ2) is 5.76. The van der Waals surface area contributed by atoms with Crippen LogP contribution >= 0.6 is 0 Å². The highest BCUT2D eigenvalue weighted by Crippen LogP contribution is 2.14. The van der Waals surface area contributed by atoms with Crippen molar-refractivity contribution in [3.05, 3.63) is 29.8 Å². The van der Waals surface area contributed by atoms with E-state index in [2.05, 4.69) is 50.1 Å². The van der Waals surface area contributed by atoms with Crippen LogP contribution in [0, 0.1) is 6.92 Å². The van der Waals surface area contributed by atoms with Crippen molar-refractivity contribution in [1.29, 1.82) is 0 Å². The Morgan fingerprint density at radius 2 is 2.13 bits per heavy atom. The molecule has 1 aromatic rings. The molecule has 0 fully saturated rings. The molecular formula is C13H22N2. The van der Waals surface area contributed by atoms with Crippen molar-refractivity contribution in [2.75, 3.05) is 18.5 Å². The van der Waals surface area contributed by atoms with Crippen LogP contribution < -0.4 is 10.6 Å². The largest absolute Gasteiger partial charge is 0.375 e. The van der Waals surface area contributed by atoms with Gasteiger partial charge in [0.1, 0.15) is 0 Å². The van der Waals surface area contributed by atoms with Crippen LogP contribution in [0.5, 0.6) is 0 Å². The number of hydrogen-bond acceptors (Lipinski definition) is 2. The van der Waals surface area contributed by atoms with Crippen LogP contribution in [0.1, 0.15) is 25.3 Å². The number of nitrogens with two attached hydrogens (primary N) is 1. The minimum absolute atomic E-state index is 0.331. The van der Waals surface area contributed by atoms with E-state index in [9.17, 15) is 0 Å². The van der Waals surface area contributed by atoms with Gasteiger partial charge in [-0.2, -0.15) is 0 Å². The summed E-state index contributed by atoms with van der Waals surface area (Å²) in [6.07, 6.45) is 2.11. The molecule has 15 heavy (non-hydrogen) atoms. The Kier molecular flexibility index (Phi) is 4.63. The van der Waals surface area contributed by atoms with Crippen LogP contribution in [-0.4, -0.2) is 19.6 Å². The van der Waals surface area contributed by atoms with Gasteiger partial charge in [-0.15, -0.1) is 0 Å². The summed E-state index contributed by atoms with van der Waals surface area (Å²) in [6, 6.07) is 8.90. The third kappa shape index (κ3) is 3.92. The summed E-state index contributed by atoms with van der Waals surface area (Å²) in [5.74, 6) is 0. The highest BCUT2D eigenvalue weighted by molar-refractivity contribution is 5.47. The zero-order chi connectivity index (χ0) is 11.3. The topological polar surface area (TPSA) is 29.3 Å². The van der Waals surface area contributed by atoms with E-state index in [1.54, 1.807) is 0 Å². The minimum Gasteiger partial charge on any atom is -0.375 e. The molecule has 1 rings (SSSR count). The Hall–Kier alpha value is -1.02. The lowest BCUT2D eigenvalue weighted by Crippen LogP contribution is -2.27. The second-order valence-corrected chi connectivity index (χ2v) is 4.22. The van der Waals surface area contributed by atoms with Crippen molar-refractivity contribution < 1.29 is 0 Å². The zero-order valence-electron chi connectivity index (χ0n) is 10.0. The van der Waals surface area contributed by atoms with E-state index >= 15 is 0 Å². The van der Waals surface area contributed by atoms with Gasteiger partial charge < -0.3 is 10.6 Å². The first-order valence-corrected chi connectivity index (χ1v) is 5.67. The van der Waals surface area contributed by atoms with Crippen LogP contribution in [-0.2, 0) is 0 Å². The summed E-state index contributed by atoms with van der Waals surface area (Å²) in [7, 11) is 2.12. The van der Waals surface area contributed by atoms with Gasteiger partial charge in [0.05, 0.1) is 0 Å². The van der Waals surface area contributed by atoms with E-state index < -0.39 is 0 Å². The standard InChI is InChI=1S/C13H22N2/c1-4-12(14)8-9-15(3)13-7-5-6-11(2)10-13/h5-7,10,12H,4,8-9,14H2,1-3H3. The van der Waals surface area contributed by atoms with Crippen LogP contribution in [0.2, 0.25) is 0 Å². The van der Waals surface area contributed by atoms with Crippen molar-refractivity contribution in [3.63, 3.8) is 0 Å². The summed E-state index contributed by atoms with van der Waals surface area (Å²) in [5.41, 5.74) is 8.48. The smallest absolute Gasteiger partial charge is 0.0366 e. The van der Waals surface area contributed by atoms with E-state index in [4.69, 9.17) is 5.73 Å². The molecule has 84 valence electrons. The maximum absolute atomic E-state index is 5.90. The Labute approximate surface area is 93.1 Å². The number of aryl methyl sites for hydroxylation is 1. The highest BCUT2D eigenvalue weighted by Gasteiger charge is 2.03. The minimum atomic E-state index is 0.331. The average Bonchev–Trinajstić information content (AvgIpc) is 2.25. The predicted molar refractivity (Wildman–Crippen MR) is 67.3 cm³/mol. The van der Waals surface area contributed by atoms with E-state index in [1.807, 2.05) is 0 Å². The zero-order valence-corrected chi connectivity index (χ0v) is 10.0. The maximum Gasteiger partial charge on any atom is 0.0366 e. The lowest BCUT2D eigenvalue weighted by Gasteiger charge is -2.21. The second-order valence-electron chi connectivity index (χ2n) is 4.22. The fourth-order valence-corrected chi connectivity index (χ4v) is 1.56. The van der Waals surface area contributed by atoms with E-state index in [1.165, 1.54) is 11.3 Å². The first kappa shape index (κ1) is 12.1. The first-order valence-electron chi connectivity index (χ1n) is 5.67. The monoisotopic (exact) mass is 206 g/mol. The first-order chi connectivity index (χ1) is 7.13. The fraction of sp³-hybridized carbons (Fsp3) is 0.538. The Morgan fingerprint density at radius 3 is 2.73 bits per heavy atom. The molecule has 0 saturated carbocycles. The molecule has 1 aromatic carbocycles. The van der Waals surface area contributed by atoms with Gasteiger partial charge in [0, 0.05) is 25.3 Å². The van der Waals surface area contributed by atoms with Gasteiger partial charge in [0.15, 0.2) is 0 Å².